The lowest BCUT2D eigenvalue weighted by molar-refractivity contribution is 0.665. The van der Waals surface area contributed by atoms with Crippen molar-refractivity contribution in [2.45, 2.75) is 20.4 Å². The molecule has 0 amide bonds. The molecule has 0 saturated heterocycles. The Bertz CT molecular complexity index is 504. The number of halogens is 1. The number of hydrazine groups is 1. The Kier molecular flexibility index (Phi) is 3.13. The first kappa shape index (κ1) is 11.4. The second-order valence-electron chi connectivity index (χ2n) is 3.42. The molecule has 0 radical (unpaired) electrons. The number of aryl methyl sites for hydroxylation is 1. The molecule has 7 heteroatoms. The summed E-state index contributed by atoms with van der Waals surface area (Å²) in [6.07, 6.45) is 1.78. The van der Waals surface area contributed by atoms with E-state index in [0.717, 1.165) is 21.3 Å². The Morgan fingerprint density at radius 2 is 2.31 bits per heavy atom. The van der Waals surface area contributed by atoms with Gasteiger partial charge in [0.2, 0.25) is 0 Å². The summed E-state index contributed by atoms with van der Waals surface area (Å²) in [6.45, 7) is 4.51. The average molecular weight is 258 g/mol. The Hall–Kier alpha value is -1.11. The van der Waals surface area contributed by atoms with Crippen molar-refractivity contribution in [3.05, 3.63) is 27.5 Å². The molecule has 2 aromatic rings. The summed E-state index contributed by atoms with van der Waals surface area (Å²) in [4.78, 5) is 5.18. The van der Waals surface area contributed by atoms with Crippen molar-refractivity contribution in [3.8, 4) is 0 Å². The molecule has 0 fully saturated rings. The number of anilines is 1. The van der Waals surface area contributed by atoms with Crippen LogP contribution in [0.15, 0.2) is 6.20 Å². The van der Waals surface area contributed by atoms with Crippen LogP contribution in [0.3, 0.4) is 0 Å². The van der Waals surface area contributed by atoms with Crippen LogP contribution in [0.1, 0.15) is 16.3 Å². The molecule has 0 bridgehead atoms. The molecule has 5 nitrogen and oxygen atoms in total. The zero-order valence-electron chi connectivity index (χ0n) is 8.99. The van der Waals surface area contributed by atoms with Gasteiger partial charge >= 0.3 is 0 Å². The van der Waals surface area contributed by atoms with Crippen molar-refractivity contribution < 1.29 is 0 Å². The number of nitrogens with one attached hydrogen (secondary N) is 1. The summed E-state index contributed by atoms with van der Waals surface area (Å²) < 4.78 is 1.87. The predicted molar refractivity (Wildman–Crippen MR) is 65.7 cm³/mol. The predicted octanol–water partition coefficient (Wildman–Crippen LogP) is 1.94. The summed E-state index contributed by atoms with van der Waals surface area (Å²) in [5, 5.41) is 5.77. The fraction of sp³-hybridized carbons (Fsp3) is 0.333. The molecular weight excluding hydrogens is 246 g/mol. The highest BCUT2D eigenvalue weighted by molar-refractivity contribution is 7.15. The monoisotopic (exact) mass is 257 g/mol. The van der Waals surface area contributed by atoms with Crippen molar-refractivity contribution in [1.82, 2.24) is 14.8 Å². The van der Waals surface area contributed by atoms with Gasteiger partial charge in [0.05, 0.1) is 23.0 Å². The summed E-state index contributed by atoms with van der Waals surface area (Å²) in [7, 11) is 0. The van der Waals surface area contributed by atoms with Gasteiger partial charge in [-0.1, -0.05) is 22.9 Å². The lowest BCUT2D eigenvalue weighted by Gasteiger charge is -2.00. The lowest BCUT2D eigenvalue weighted by Crippen LogP contribution is -2.05. The van der Waals surface area contributed by atoms with E-state index in [-0.39, 0.29) is 0 Å². The van der Waals surface area contributed by atoms with Crippen molar-refractivity contribution in [2.24, 2.45) is 5.84 Å². The van der Waals surface area contributed by atoms with E-state index < -0.39 is 0 Å². The highest BCUT2D eigenvalue weighted by Crippen LogP contribution is 2.22. The molecule has 16 heavy (non-hydrogen) atoms. The van der Waals surface area contributed by atoms with Gasteiger partial charge in [-0.3, -0.25) is 10.1 Å². The fourth-order valence-corrected chi connectivity index (χ4v) is 2.26. The quantitative estimate of drug-likeness (QED) is 0.651. The molecule has 0 aliphatic carbocycles. The van der Waals surface area contributed by atoms with Crippen molar-refractivity contribution >= 4 is 28.1 Å². The first-order valence-corrected chi connectivity index (χ1v) is 5.92. The minimum absolute atomic E-state index is 0.665. The maximum absolute atomic E-state index is 6.07. The van der Waals surface area contributed by atoms with Crippen LogP contribution in [0.4, 0.5) is 5.13 Å². The van der Waals surface area contributed by atoms with Gasteiger partial charge in [-0.15, -0.1) is 0 Å². The number of thiazole rings is 1. The lowest BCUT2D eigenvalue weighted by atomic mass is 10.4. The molecule has 86 valence electrons. The Morgan fingerprint density at radius 3 is 2.81 bits per heavy atom. The van der Waals surface area contributed by atoms with Crippen LogP contribution in [-0.4, -0.2) is 14.8 Å². The number of rotatable bonds is 3. The van der Waals surface area contributed by atoms with Crippen LogP contribution in [0.2, 0.25) is 5.02 Å². The van der Waals surface area contributed by atoms with Crippen LogP contribution in [0, 0.1) is 13.8 Å². The van der Waals surface area contributed by atoms with Crippen LogP contribution in [0.25, 0.3) is 0 Å². The number of hydrogen-bond acceptors (Lipinski definition) is 5. The zero-order chi connectivity index (χ0) is 11.7. The summed E-state index contributed by atoms with van der Waals surface area (Å²) in [6, 6.07) is 0. The normalized spacial score (nSPS) is 10.8. The minimum atomic E-state index is 0.665. The Labute approximate surface area is 102 Å². The minimum Gasteiger partial charge on any atom is -0.300 e. The van der Waals surface area contributed by atoms with Crippen molar-refractivity contribution in [2.75, 3.05) is 5.43 Å². The molecule has 2 heterocycles. The zero-order valence-corrected chi connectivity index (χ0v) is 10.6. The van der Waals surface area contributed by atoms with E-state index in [1.54, 1.807) is 6.20 Å². The van der Waals surface area contributed by atoms with Gasteiger partial charge in [-0.25, -0.2) is 10.8 Å². The van der Waals surface area contributed by atoms with Gasteiger partial charge in [0.25, 0.3) is 0 Å². The van der Waals surface area contributed by atoms with E-state index >= 15 is 0 Å². The molecular formula is C9H12ClN5S. The van der Waals surface area contributed by atoms with Crippen LogP contribution in [0.5, 0.6) is 0 Å². The summed E-state index contributed by atoms with van der Waals surface area (Å²) in [5.74, 6) is 5.27. The van der Waals surface area contributed by atoms with E-state index in [9.17, 15) is 0 Å². The van der Waals surface area contributed by atoms with Gasteiger partial charge in [-0.2, -0.15) is 5.10 Å². The third kappa shape index (κ3) is 2.04. The van der Waals surface area contributed by atoms with Crippen molar-refractivity contribution in [1.29, 1.82) is 0 Å². The van der Waals surface area contributed by atoms with Gasteiger partial charge in [0.15, 0.2) is 5.13 Å². The molecule has 0 aliphatic heterocycles. The highest BCUT2D eigenvalue weighted by Gasteiger charge is 2.10. The average Bonchev–Trinajstić information content (AvgIpc) is 2.81. The molecule has 0 saturated carbocycles. The first-order valence-electron chi connectivity index (χ1n) is 4.72. The van der Waals surface area contributed by atoms with E-state index in [4.69, 9.17) is 17.4 Å². The number of nitrogens with two attached hydrogens (primary N) is 1. The van der Waals surface area contributed by atoms with Gasteiger partial charge in [0, 0.05) is 11.1 Å². The molecule has 0 atom stereocenters. The molecule has 2 rings (SSSR count). The maximum atomic E-state index is 6.07. The number of nitrogens with zero attached hydrogens (tertiary/aromatic N) is 3. The van der Waals surface area contributed by atoms with Crippen LogP contribution in [-0.2, 0) is 6.54 Å². The van der Waals surface area contributed by atoms with Gasteiger partial charge in [0.1, 0.15) is 0 Å². The van der Waals surface area contributed by atoms with Crippen LogP contribution >= 0.6 is 22.9 Å². The SMILES string of the molecule is Cc1nn(Cc2cnc(NN)s2)c(C)c1Cl. The Balaban J connectivity index is 2.23. The van der Waals surface area contributed by atoms with E-state index in [1.807, 2.05) is 18.5 Å². The second-order valence-corrected chi connectivity index (χ2v) is 4.91. The van der Waals surface area contributed by atoms with E-state index in [1.165, 1.54) is 11.3 Å². The molecule has 2 aromatic heterocycles. The summed E-state index contributed by atoms with van der Waals surface area (Å²) in [5.41, 5.74) is 4.33. The molecule has 0 spiro atoms. The third-order valence-corrected chi connectivity index (χ3v) is 3.74. The van der Waals surface area contributed by atoms with Crippen LogP contribution < -0.4 is 11.3 Å². The largest absolute Gasteiger partial charge is 0.300 e. The Morgan fingerprint density at radius 1 is 1.56 bits per heavy atom. The number of nitrogen functional groups attached to an aromatic ring is 1. The topological polar surface area (TPSA) is 68.8 Å². The van der Waals surface area contributed by atoms with E-state index in [2.05, 4.69) is 15.5 Å². The fourth-order valence-electron chi connectivity index (χ4n) is 1.42. The number of aromatic nitrogens is 3. The highest BCUT2D eigenvalue weighted by atomic mass is 35.5. The second kappa shape index (κ2) is 4.40. The molecule has 0 unspecified atom stereocenters. The number of hydrogen-bond donors (Lipinski definition) is 2. The van der Waals surface area contributed by atoms with Gasteiger partial charge in [-0.05, 0) is 13.8 Å². The summed E-state index contributed by atoms with van der Waals surface area (Å²) >= 11 is 7.57. The third-order valence-electron chi connectivity index (χ3n) is 2.28. The maximum Gasteiger partial charge on any atom is 0.197 e. The smallest absolute Gasteiger partial charge is 0.197 e. The molecule has 3 N–H and O–H groups in total. The van der Waals surface area contributed by atoms with Gasteiger partial charge < -0.3 is 0 Å². The molecule has 0 aliphatic rings. The van der Waals surface area contributed by atoms with E-state index in [0.29, 0.717) is 11.7 Å². The van der Waals surface area contributed by atoms with Crippen molar-refractivity contribution in [3.63, 3.8) is 0 Å². The first-order chi connectivity index (χ1) is 7.61. The molecule has 0 aromatic carbocycles. The standard InChI is InChI=1S/C9H12ClN5S/c1-5-8(10)6(2)15(14-5)4-7-3-12-9(13-11)16-7/h3H,4,11H2,1-2H3,(H,12,13).